The molecule has 0 aliphatic carbocycles. The van der Waals surface area contributed by atoms with Crippen molar-refractivity contribution in [3.63, 3.8) is 0 Å². The van der Waals surface area contributed by atoms with Gasteiger partial charge in [0.15, 0.2) is 17.3 Å². The number of carbonyl (C=O) groups excluding carboxylic acids is 3. The van der Waals surface area contributed by atoms with E-state index in [9.17, 15) is 14.4 Å². The molecule has 0 aromatic heterocycles. The van der Waals surface area contributed by atoms with Crippen molar-refractivity contribution in [1.82, 2.24) is 15.5 Å². The van der Waals surface area contributed by atoms with Crippen molar-refractivity contribution >= 4 is 53.3 Å². The topological polar surface area (TPSA) is 97.0 Å². The molecule has 3 heterocycles. The van der Waals surface area contributed by atoms with Crippen molar-refractivity contribution in [3.8, 4) is 11.5 Å². The molecule has 3 aliphatic rings. The summed E-state index contributed by atoms with van der Waals surface area (Å²) in [7, 11) is 0. The van der Waals surface area contributed by atoms with Crippen LogP contribution in [-0.4, -0.2) is 61.0 Å². The lowest BCUT2D eigenvalue weighted by atomic mass is 9.87. The molecule has 8 nitrogen and oxygen atoms in total. The summed E-state index contributed by atoms with van der Waals surface area (Å²) >= 11 is 12.4. The van der Waals surface area contributed by atoms with Crippen LogP contribution in [0.2, 0.25) is 10.0 Å². The quantitative estimate of drug-likeness (QED) is 0.360. The Labute approximate surface area is 196 Å². The number of carbonyl (C=O) groups is 3. The molecule has 0 unspecified atom stereocenters. The predicted octanol–water partition coefficient (Wildman–Crippen LogP) is 3.21. The molecule has 1 aromatic rings. The summed E-state index contributed by atoms with van der Waals surface area (Å²) in [6, 6.07) is 1.20. The summed E-state index contributed by atoms with van der Waals surface area (Å²) in [6.45, 7) is 2.50. The number of nitrogens with one attached hydrogen (secondary N) is 2. The van der Waals surface area contributed by atoms with Gasteiger partial charge in [-0.25, -0.2) is 4.79 Å². The van der Waals surface area contributed by atoms with Crippen LogP contribution in [0.4, 0.5) is 4.79 Å². The summed E-state index contributed by atoms with van der Waals surface area (Å²) in [5.74, 6) is 0.334. The van der Waals surface area contributed by atoms with Crippen LogP contribution in [0, 0.1) is 0 Å². The number of urea groups is 1. The third kappa shape index (κ3) is 4.44. The van der Waals surface area contributed by atoms with Gasteiger partial charge in [0, 0.05) is 19.0 Å². The van der Waals surface area contributed by atoms with Gasteiger partial charge in [-0.3, -0.25) is 14.9 Å². The molecule has 31 heavy (non-hydrogen) atoms. The van der Waals surface area contributed by atoms with Gasteiger partial charge in [0.05, 0.1) is 15.6 Å². The van der Waals surface area contributed by atoms with Crippen LogP contribution in [0.25, 0.3) is 0 Å². The highest BCUT2D eigenvalue weighted by Gasteiger charge is 2.52. The van der Waals surface area contributed by atoms with E-state index in [2.05, 4.69) is 10.6 Å². The summed E-state index contributed by atoms with van der Waals surface area (Å²) in [4.78, 5) is 39.2. The number of ether oxygens (including phenoxy) is 2. The fourth-order valence-corrected chi connectivity index (χ4v) is 4.75. The van der Waals surface area contributed by atoms with Crippen LogP contribution in [0.5, 0.6) is 11.5 Å². The molecule has 3 amide bonds. The molecule has 2 saturated heterocycles. The van der Waals surface area contributed by atoms with E-state index in [1.165, 1.54) is 0 Å². The largest absolute Gasteiger partial charge is 0.486 e. The van der Waals surface area contributed by atoms with Crippen molar-refractivity contribution < 1.29 is 23.9 Å². The minimum absolute atomic E-state index is 0. The molecular formula is C20H24Cl3N3O5. The molecule has 11 heteroatoms. The minimum atomic E-state index is -0.771. The van der Waals surface area contributed by atoms with E-state index in [1.807, 2.05) is 0 Å². The van der Waals surface area contributed by atoms with E-state index < -0.39 is 5.54 Å². The second-order valence-corrected chi connectivity index (χ2v) is 8.43. The van der Waals surface area contributed by atoms with E-state index in [1.54, 1.807) is 11.0 Å². The van der Waals surface area contributed by atoms with Gasteiger partial charge < -0.3 is 19.7 Å². The highest BCUT2D eigenvalue weighted by atomic mass is 35.5. The second-order valence-electron chi connectivity index (χ2n) is 7.64. The summed E-state index contributed by atoms with van der Waals surface area (Å²) in [6.07, 6.45) is 2.51. The monoisotopic (exact) mass is 491 g/mol. The number of hydrogen-bond donors (Lipinski definition) is 2. The molecule has 1 spiro atoms. The highest BCUT2D eigenvalue weighted by molar-refractivity contribution is 6.44. The van der Waals surface area contributed by atoms with Gasteiger partial charge in [0.25, 0.3) is 5.91 Å². The van der Waals surface area contributed by atoms with Crippen LogP contribution in [-0.2, 0) is 4.79 Å². The van der Waals surface area contributed by atoms with Gasteiger partial charge in [-0.05, 0) is 38.8 Å². The van der Waals surface area contributed by atoms with Gasteiger partial charge in [-0.15, -0.1) is 12.4 Å². The Bertz CT molecular complexity index is 889. The maximum absolute atomic E-state index is 12.9. The molecule has 1 aromatic carbocycles. The van der Waals surface area contributed by atoms with Crippen LogP contribution < -0.4 is 20.1 Å². The molecule has 2 fully saturated rings. The molecule has 2 N–H and O–H groups in total. The molecular weight excluding hydrogens is 469 g/mol. The zero-order chi connectivity index (χ0) is 21.3. The van der Waals surface area contributed by atoms with Gasteiger partial charge in [0.1, 0.15) is 18.8 Å². The number of ketones is 1. The SMILES string of the molecule is Cl.O=C(CCCCN1C(=O)NC(=O)C12CCNCC2)c1c(Cl)c(Cl)cc2c1OCCO2. The number of benzene rings is 1. The number of rotatable bonds is 6. The normalized spacial score (nSPS) is 19.2. The van der Waals surface area contributed by atoms with Crippen molar-refractivity contribution in [2.24, 2.45) is 0 Å². The smallest absolute Gasteiger partial charge is 0.325 e. The maximum Gasteiger partial charge on any atom is 0.325 e. The number of hydrogen-bond acceptors (Lipinski definition) is 6. The van der Waals surface area contributed by atoms with Crippen LogP contribution >= 0.6 is 35.6 Å². The number of nitrogens with zero attached hydrogens (tertiary/aromatic N) is 1. The zero-order valence-electron chi connectivity index (χ0n) is 16.8. The molecule has 0 bridgehead atoms. The first kappa shape index (κ1) is 23.9. The standard InChI is InChI=1S/C20H23Cl2N3O5.ClH/c21-12-11-14-17(30-10-9-29-14)15(16(12)22)13(26)3-1-2-8-25-19(28)24-18(27)20(25)4-6-23-7-5-20;/h11,23H,1-10H2,(H,24,27,28);1H. The predicted molar refractivity (Wildman–Crippen MR) is 118 cm³/mol. The highest BCUT2D eigenvalue weighted by Crippen LogP contribution is 2.43. The maximum atomic E-state index is 12.9. The number of Topliss-reactive ketones (excluding diaryl/α,β-unsaturated/α-hetero) is 1. The Hall–Kier alpha value is -1.74. The molecule has 0 radical (unpaired) electrons. The van der Waals surface area contributed by atoms with Gasteiger partial charge >= 0.3 is 6.03 Å². The molecule has 3 aliphatic heterocycles. The fraction of sp³-hybridized carbons (Fsp3) is 0.550. The number of amides is 3. The second kappa shape index (κ2) is 9.81. The van der Waals surface area contributed by atoms with Gasteiger partial charge in [-0.2, -0.15) is 0 Å². The van der Waals surface area contributed by atoms with Crippen LogP contribution in [0.1, 0.15) is 42.5 Å². The Morgan fingerprint density at radius 1 is 1.13 bits per heavy atom. The van der Waals surface area contributed by atoms with Crippen molar-refractivity contribution in [1.29, 1.82) is 0 Å². The first-order valence-electron chi connectivity index (χ1n) is 10.1. The third-order valence-corrected chi connectivity index (χ3v) is 6.66. The number of halogens is 3. The van der Waals surface area contributed by atoms with Gasteiger partial charge in [-0.1, -0.05) is 23.2 Å². The van der Waals surface area contributed by atoms with E-state index in [4.69, 9.17) is 32.7 Å². The number of imide groups is 1. The van der Waals surface area contributed by atoms with E-state index >= 15 is 0 Å². The van der Waals surface area contributed by atoms with Crippen LogP contribution in [0.3, 0.4) is 0 Å². The first-order chi connectivity index (χ1) is 14.4. The molecule has 4 rings (SSSR count). The molecule has 0 saturated carbocycles. The van der Waals surface area contributed by atoms with Crippen LogP contribution in [0.15, 0.2) is 6.07 Å². The van der Waals surface area contributed by atoms with Gasteiger partial charge in [0.2, 0.25) is 0 Å². The van der Waals surface area contributed by atoms with Crippen molar-refractivity contribution in [3.05, 3.63) is 21.7 Å². The molecule has 170 valence electrons. The number of fused-ring (bicyclic) bond motifs is 1. The first-order valence-corrected chi connectivity index (χ1v) is 10.8. The number of piperidine rings is 1. The van der Waals surface area contributed by atoms with Crippen molar-refractivity contribution in [2.75, 3.05) is 32.8 Å². The average Bonchev–Trinajstić information content (AvgIpc) is 2.95. The lowest BCUT2D eigenvalue weighted by Crippen LogP contribution is -2.55. The third-order valence-electron chi connectivity index (χ3n) is 5.88. The molecule has 0 atom stereocenters. The Kier molecular flexibility index (Phi) is 7.57. The zero-order valence-corrected chi connectivity index (χ0v) is 19.1. The van der Waals surface area contributed by atoms with E-state index in [-0.39, 0.29) is 52.2 Å². The Morgan fingerprint density at radius 3 is 2.58 bits per heavy atom. The minimum Gasteiger partial charge on any atom is -0.486 e. The average molecular weight is 493 g/mol. The van der Waals surface area contributed by atoms with E-state index in [0.29, 0.717) is 70.0 Å². The van der Waals surface area contributed by atoms with E-state index in [0.717, 1.165) is 0 Å². The lowest BCUT2D eigenvalue weighted by Gasteiger charge is -2.38. The summed E-state index contributed by atoms with van der Waals surface area (Å²) in [5.41, 5.74) is -0.532. The Morgan fingerprint density at radius 2 is 1.84 bits per heavy atom. The van der Waals surface area contributed by atoms with Crippen molar-refractivity contribution in [2.45, 2.75) is 37.6 Å². The number of unbranched alkanes of at least 4 members (excludes halogenated alkanes) is 1. The summed E-state index contributed by atoms with van der Waals surface area (Å²) in [5, 5.41) is 6.06. The lowest BCUT2D eigenvalue weighted by molar-refractivity contribution is -0.128. The fourth-order valence-electron chi connectivity index (χ4n) is 4.31. The Balaban J connectivity index is 0.00000272. The summed E-state index contributed by atoms with van der Waals surface area (Å²) < 4.78 is 11.1.